The monoisotopic (exact) mass is 302 g/mol. The van der Waals surface area contributed by atoms with Crippen LogP contribution in [-0.2, 0) is 16.0 Å². The second kappa shape index (κ2) is 6.48. The van der Waals surface area contributed by atoms with Crippen LogP contribution < -0.4 is 0 Å². The molecule has 2 saturated heterocycles. The smallest absolute Gasteiger partial charge is 0.323 e. The zero-order chi connectivity index (χ0) is 15.5. The average molecular weight is 302 g/mol. The molecule has 2 aliphatic heterocycles. The largest absolute Gasteiger partial charge is 0.464 e. The van der Waals surface area contributed by atoms with Gasteiger partial charge in [-0.15, -0.1) is 0 Å². The van der Waals surface area contributed by atoms with Crippen molar-refractivity contribution in [3.63, 3.8) is 0 Å². The molecule has 2 heterocycles. The van der Waals surface area contributed by atoms with Crippen molar-refractivity contribution in [1.82, 2.24) is 9.80 Å². The van der Waals surface area contributed by atoms with Crippen molar-refractivity contribution >= 4 is 11.9 Å². The van der Waals surface area contributed by atoms with E-state index in [1.165, 1.54) is 5.56 Å². The summed E-state index contributed by atoms with van der Waals surface area (Å²) in [5.41, 5.74) is 1.98. The van der Waals surface area contributed by atoms with Gasteiger partial charge in [0.25, 0.3) is 5.91 Å². The van der Waals surface area contributed by atoms with Crippen LogP contribution in [0.25, 0.3) is 0 Å². The third kappa shape index (κ3) is 2.99. The number of carbonyl (C=O) groups excluding carboxylic acids is 2. The van der Waals surface area contributed by atoms with E-state index in [2.05, 4.69) is 11.8 Å². The minimum Gasteiger partial charge on any atom is -0.464 e. The summed E-state index contributed by atoms with van der Waals surface area (Å²) in [4.78, 5) is 28.1. The summed E-state index contributed by atoms with van der Waals surface area (Å²) in [6.45, 7) is 5.42. The van der Waals surface area contributed by atoms with E-state index in [1.54, 1.807) is 0 Å². The number of hydrogen-bond acceptors (Lipinski definition) is 4. The van der Waals surface area contributed by atoms with Gasteiger partial charge in [0, 0.05) is 38.2 Å². The van der Waals surface area contributed by atoms with Gasteiger partial charge in [-0.25, -0.2) is 0 Å². The predicted octanol–water partition coefficient (Wildman–Crippen LogP) is 1.32. The van der Waals surface area contributed by atoms with E-state index in [-0.39, 0.29) is 17.9 Å². The van der Waals surface area contributed by atoms with Crippen LogP contribution in [0.1, 0.15) is 29.3 Å². The Morgan fingerprint density at radius 1 is 1.18 bits per heavy atom. The minimum atomic E-state index is -0.116. The van der Waals surface area contributed by atoms with Gasteiger partial charge in [-0.05, 0) is 24.1 Å². The summed E-state index contributed by atoms with van der Waals surface area (Å²) >= 11 is 0. The van der Waals surface area contributed by atoms with Crippen molar-refractivity contribution in [2.45, 2.75) is 25.8 Å². The second-order valence-electron chi connectivity index (χ2n) is 5.85. The van der Waals surface area contributed by atoms with Crippen LogP contribution in [0, 0.1) is 0 Å². The maximum absolute atomic E-state index is 12.5. The predicted molar refractivity (Wildman–Crippen MR) is 82.7 cm³/mol. The first-order valence-electron chi connectivity index (χ1n) is 7.98. The lowest BCUT2D eigenvalue weighted by molar-refractivity contribution is -0.142. The Bertz CT molecular complexity index is 548. The zero-order valence-corrected chi connectivity index (χ0v) is 13.0. The molecule has 1 amide bonds. The number of nitrogens with zero attached hydrogens (tertiary/aromatic N) is 2. The highest BCUT2D eigenvalue weighted by Gasteiger charge is 2.34. The number of hydrogen-bond donors (Lipinski definition) is 0. The van der Waals surface area contributed by atoms with Crippen LogP contribution in [-0.4, -0.2) is 60.5 Å². The fourth-order valence-corrected chi connectivity index (χ4v) is 3.12. The van der Waals surface area contributed by atoms with Crippen molar-refractivity contribution in [3.8, 4) is 0 Å². The standard InChI is InChI=1S/C17H22N2O3/c1-2-13-3-5-14(6-4-13)16(20)19-10-8-18(9-11-19)15-7-12-22-17(15)21/h3-6,15H,2,7-12H2,1H3. The van der Waals surface area contributed by atoms with E-state index in [1.807, 2.05) is 29.2 Å². The highest BCUT2D eigenvalue weighted by atomic mass is 16.5. The van der Waals surface area contributed by atoms with Crippen molar-refractivity contribution < 1.29 is 14.3 Å². The van der Waals surface area contributed by atoms with Gasteiger partial charge >= 0.3 is 5.97 Å². The molecule has 0 N–H and O–H groups in total. The molecule has 2 fully saturated rings. The summed E-state index contributed by atoms with van der Waals surface area (Å²) in [7, 11) is 0. The number of cyclic esters (lactones) is 1. The van der Waals surface area contributed by atoms with E-state index in [0.717, 1.165) is 31.5 Å². The highest BCUT2D eigenvalue weighted by Crippen LogP contribution is 2.17. The number of ether oxygens (including phenoxy) is 1. The Morgan fingerprint density at radius 2 is 1.86 bits per heavy atom. The average Bonchev–Trinajstić information content (AvgIpc) is 3.00. The van der Waals surface area contributed by atoms with Crippen molar-refractivity contribution in [1.29, 1.82) is 0 Å². The molecule has 1 aromatic rings. The van der Waals surface area contributed by atoms with Gasteiger partial charge < -0.3 is 9.64 Å². The van der Waals surface area contributed by atoms with Crippen LogP contribution in [0.3, 0.4) is 0 Å². The van der Waals surface area contributed by atoms with Crippen molar-refractivity contribution in [2.75, 3.05) is 32.8 Å². The Balaban J connectivity index is 1.58. The molecule has 3 rings (SSSR count). The van der Waals surface area contributed by atoms with Gasteiger partial charge in [-0.1, -0.05) is 19.1 Å². The van der Waals surface area contributed by atoms with E-state index >= 15 is 0 Å². The number of piperazine rings is 1. The number of amides is 1. The third-order valence-electron chi connectivity index (χ3n) is 4.56. The molecule has 1 aromatic carbocycles. The van der Waals surface area contributed by atoms with Gasteiger partial charge in [-0.3, -0.25) is 14.5 Å². The first kappa shape index (κ1) is 15.0. The number of carbonyl (C=O) groups is 2. The summed E-state index contributed by atoms with van der Waals surface area (Å²) in [6, 6.07) is 7.72. The maximum atomic E-state index is 12.5. The molecule has 5 heteroatoms. The fraction of sp³-hybridized carbons (Fsp3) is 0.529. The lowest BCUT2D eigenvalue weighted by Crippen LogP contribution is -2.53. The molecule has 0 saturated carbocycles. The number of esters is 1. The Morgan fingerprint density at radius 3 is 2.41 bits per heavy atom. The fourth-order valence-electron chi connectivity index (χ4n) is 3.12. The van der Waals surface area contributed by atoms with E-state index in [9.17, 15) is 9.59 Å². The maximum Gasteiger partial charge on any atom is 0.323 e. The third-order valence-corrected chi connectivity index (χ3v) is 4.56. The van der Waals surface area contributed by atoms with Crippen molar-refractivity contribution in [3.05, 3.63) is 35.4 Å². The molecule has 5 nitrogen and oxygen atoms in total. The first-order chi connectivity index (χ1) is 10.7. The highest BCUT2D eigenvalue weighted by molar-refractivity contribution is 5.94. The molecule has 0 aromatic heterocycles. The van der Waals surface area contributed by atoms with Crippen LogP contribution in [0.2, 0.25) is 0 Å². The van der Waals surface area contributed by atoms with E-state index in [0.29, 0.717) is 19.7 Å². The SMILES string of the molecule is CCc1ccc(C(=O)N2CCN(C3CCOC3=O)CC2)cc1. The van der Waals surface area contributed by atoms with Crippen LogP contribution in [0.15, 0.2) is 24.3 Å². The summed E-state index contributed by atoms with van der Waals surface area (Å²) < 4.78 is 5.02. The molecule has 0 aliphatic carbocycles. The number of rotatable bonds is 3. The molecule has 22 heavy (non-hydrogen) atoms. The molecule has 1 unspecified atom stereocenters. The van der Waals surface area contributed by atoms with Gasteiger partial charge in [0.15, 0.2) is 0 Å². The number of aryl methyl sites for hydroxylation is 1. The van der Waals surface area contributed by atoms with Crippen LogP contribution in [0.4, 0.5) is 0 Å². The molecule has 0 spiro atoms. The number of benzene rings is 1. The van der Waals surface area contributed by atoms with Gasteiger partial charge in [0.05, 0.1) is 6.61 Å². The molecule has 2 aliphatic rings. The molecule has 0 bridgehead atoms. The van der Waals surface area contributed by atoms with Gasteiger partial charge in [0.2, 0.25) is 0 Å². The molecular formula is C17H22N2O3. The lowest BCUT2D eigenvalue weighted by atomic mass is 10.1. The Hall–Kier alpha value is -1.88. The molecule has 118 valence electrons. The molecule has 0 radical (unpaired) electrons. The van der Waals surface area contributed by atoms with E-state index in [4.69, 9.17) is 4.74 Å². The molecule has 1 atom stereocenters. The minimum absolute atomic E-state index is 0.0799. The normalized spacial score (nSPS) is 22.7. The van der Waals surface area contributed by atoms with Gasteiger partial charge in [0.1, 0.15) is 6.04 Å². The van der Waals surface area contributed by atoms with Crippen LogP contribution in [0.5, 0.6) is 0 Å². The topological polar surface area (TPSA) is 49.9 Å². The Kier molecular flexibility index (Phi) is 4.43. The first-order valence-corrected chi connectivity index (χ1v) is 7.98. The summed E-state index contributed by atoms with van der Waals surface area (Å²) in [5.74, 6) is -0.0359. The quantitative estimate of drug-likeness (QED) is 0.790. The van der Waals surface area contributed by atoms with Gasteiger partial charge in [-0.2, -0.15) is 0 Å². The van der Waals surface area contributed by atoms with Crippen LogP contribution >= 0.6 is 0 Å². The van der Waals surface area contributed by atoms with E-state index < -0.39 is 0 Å². The summed E-state index contributed by atoms with van der Waals surface area (Å²) in [5, 5.41) is 0. The van der Waals surface area contributed by atoms with Crippen molar-refractivity contribution in [2.24, 2.45) is 0 Å². The zero-order valence-electron chi connectivity index (χ0n) is 13.0. The second-order valence-corrected chi connectivity index (χ2v) is 5.85. The Labute approximate surface area is 130 Å². The lowest BCUT2D eigenvalue weighted by Gasteiger charge is -2.36. The molecular weight excluding hydrogens is 280 g/mol. The summed E-state index contributed by atoms with van der Waals surface area (Å²) in [6.07, 6.45) is 1.75.